The van der Waals surface area contributed by atoms with Crippen molar-refractivity contribution in [1.82, 2.24) is 14.8 Å². The molecule has 32 heavy (non-hydrogen) atoms. The van der Waals surface area contributed by atoms with E-state index in [0.29, 0.717) is 23.2 Å². The largest absolute Gasteiger partial charge is 0.481 e. The Hall–Kier alpha value is -2.64. The Morgan fingerprint density at radius 2 is 1.72 bits per heavy atom. The number of likely N-dealkylation sites (N-methyl/N-ethyl adjacent to an activating group) is 1. The number of aromatic nitrogens is 1. The smallest absolute Gasteiger partial charge is 0.259 e. The summed E-state index contributed by atoms with van der Waals surface area (Å²) in [7, 11) is 6.91. The minimum atomic E-state index is -0.0302. The molecule has 1 amide bonds. The molecular formula is C25H35N3O4. The number of ether oxygens (including phenoxy) is 3. The molecule has 0 saturated carbocycles. The molecule has 0 aliphatic carbocycles. The number of piperidine rings is 1. The Morgan fingerprint density at radius 1 is 1.03 bits per heavy atom. The minimum absolute atomic E-state index is 0.0302. The predicted molar refractivity (Wildman–Crippen MR) is 124 cm³/mol. The number of methoxy groups -OCH3 is 3. The fourth-order valence-electron chi connectivity index (χ4n) is 4.12. The second kappa shape index (κ2) is 11.8. The van der Waals surface area contributed by atoms with Crippen molar-refractivity contribution in [1.29, 1.82) is 0 Å². The summed E-state index contributed by atoms with van der Waals surface area (Å²) in [6.07, 6.45) is 3.05. The van der Waals surface area contributed by atoms with Gasteiger partial charge in [0.25, 0.3) is 5.91 Å². The number of benzene rings is 1. The monoisotopic (exact) mass is 441 g/mol. The molecule has 2 aromatic rings. The summed E-state index contributed by atoms with van der Waals surface area (Å²) < 4.78 is 15.6. The third-order valence-corrected chi connectivity index (χ3v) is 6.05. The summed E-state index contributed by atoms with van der Waals surface area (Å²) >= 11 is 0. The van der Waals surface area contributed by atoms with Crippen LogP contribution >= 0.6 is 0 Å². The van der Waals surface area contributed by atoms with Gasteiger partial charge in [0.15, 0.2) is 0 Å². The average Bonchev–Trinajstić information content (AvgIpc) is 2.83. The standard InChI is InChI=1S/C25H35N3O4/c1-27(15-16-30-2)18-21-7-5-19(6-8-21)17-20-11-13-28(14-12-20)25(29)22-9-10-23(31-3)26-24(22)32-4/h5-10,20H,11-18H2,1-4H3. The molecule has 0 atom stereocenters. The number of rotatable bonds is 10. The Kier molecular flexibility index (Phi) is 8.88. The van der Waals surface area contributed by atoms with Gasteiger partial charge < -0.3 is 19.1 Å². The maximum Gasteiger partial charge on any atom is 0.259 e. The van der Waals surface area contributed by atoms with Gasteiger partial charge in [-0.05, 0) is 49.4 Å². The van der Waals surface area contributed by atoms with Crippen LogP contribution in [0.4, 0.5) is 0 Å². The van der Waals surface area contributed by atoms with Crippen LogP contribution in [0, 0.1) is 5.92 Å². The van der Waals surface area contributed by atoms with E-state index >= 15 is 0 Å². The molecule has 7 heteroatoms. The molecule has 1 aliphatic rings. The molecule has 0 N–H and O–H groups in total. The SMILES string of the molecule is COCCN(C)Cc1ccc(CC2CCN(C(=O)c3ccc(OC)nc3OC)CC2)cc1. The highest BCUT2D eigenvalue weighted by Crippen LogP contribution is 2.26. The highest BCUT2D eigenvalue weighted by Gasteiger charge is 2.26. The zero-order valence-electron chi connectivity index (χ0n) is 19.7. The van der Waals surface area contributed by atoms with Crippen molar-refractivity contribution in [2.45, 2.75) is 25.8 Å². The maximum absolute atomic E-state index is 13.0. The van der Waals surface area contributed by atoms with E-state index in [0.717, 1.165) is 52.0 Å². The van der Waals surface area contributed by atoms with Gasteiger partial charge in [-0.2, -0.15) is 4.98 Å². The van der Waals surface area contributed by atoms with Crippen molar-refractivity contribution in [3.05, 3.63) is 53.1 Å². The summed E-state index contributed by atoms with van der Waals surface area (Å²) in [4.78, 5) is 21.4. The second-order valence-electron chi connectivity index (χ2n) is 8.40. The van der Waals surface area contributed by atoms with Crippen molar-refractivity contribution < 1.29 is 19.0 Å². The van der Waals surface area contributed by atoms with Crippen LogP contribution in [0.15, 0.2) is 36.4 Å². The van der Waals surface area contributed by atoms with Gasteiger partial charge in [-0.1, -0.05) is 24.3 Å². The Labute approximate surface area is 191 Å². The predicted octanol–water partition coefficient (Wildman–Crippen LogP) is 3.27. The van der Waals surface area contributed by atoms with E-state index in [4.69, 9.17) is 14.2 Å². The van der Waals surface area contributed by atoms with E-state index in [-0.39, 0.29) is 5.91 Å². The van der Waals surface area contributed by atoms with Crippen LogP contribution in [-0.4, -0.2) is 75.3 Å². The molecule has 3 rings (SSSR count). The molecule has 174 valence electrons. The molecule has 1 aromatic carbocycles. The van der Waals surface area contributed by atoms with Crippen LogP contribution in [0.5, 0.6) is 11.8 Å². The first-order chi connectivity index (χ1) is 15.5. The number of carbonyl (C=O) groups excluding carboxylic acids is 1. The summed E-state index contributed by atoms with van der Waals surface area (Å²) in [5, 5.41) is 0. The van der Waals surface area contributed by atoms with E-state index < -0.39 is 0 Å². The van der Waals surface area contributed by atoms with E-state index in [1.165, 1.54) is 18.2 Å². The number of hydrogen-bond donors (Lipinski definition) is 0. The Bertz CT molecular complexity index is 864. The van der Waals surface area contributed by atoms with Gasteiger partial charge in [-0.3, -0.25) is 9.69 Å². The molecule has 1 saturated heterocycles. The molecule has 1 fully saturated rings. The van der Waals surface area contributed by atoms with Crippen molar-refractivity contribution in [2.24, 2.45) is 5.92 Å². The normalized spacial score (nSPS) is 14.6. The Balaban J connectivity index is 1.50. The van der Waals surface area contributed by atoms with Gasteiger partial charge in [-0.25, -0.2) is 0 Å². The molecule has 7 nitrogen and oxygen atoms in total. The molecule has 1 aliphatic heterocycles. The quantitative estimate of drug-likeness (QED) is 0.564. The van der Waals surface area contributed by atoms with Crippen LogP contribution < -0.4 is 9.47 Å². The lowest BCUT2D eigenvalue weighted by atomic mass is 9.89. The number of carbonyl (C=O) groups is 1. The lowest BCUT2D eigenvalue weighted by Gasteiger charge is -2.32. The van der Waals surface area contributed by atoms with Crippen LogP contribution in [0.2, 0.25) is 0 Å². The fraction of sp³-hybridized carbons (Fsp3) is 0.520. The van der Waals surface area contributed by atoms with Gasteiger partial charge in [0.05, 0.1) is 20.8 Å². The second-order valence-corrected chi connectivity index (χ2v) is 8.40. The number of pyridine rings is 1. The number of likely N-dealkylation sites (tertiary alicyclic amines) is 1. The molecule has 1 aromatic heterocycles. The van der Waals surface area contributed by atoms with E-state index in [9.17, 15) is 4.79 Å². The first kappa shape index (κ1) is 24.0. The number of nitrogens with zero attached hydrogens (tertiary/aromatic N) is 3. The zero-order chi connectivity index (χ0) is 22.9. The third-order valence-electron chi connectivity index (χ3n) is 6.05. The zero-order valence-corrected chi connectivity index (χ0v) is 19.7. The van der Waals surface area contributed by atoms with Crippen LogP contribution in [0.3, 0.4) is 0 Å². The van der Waals surface area contributed by atoms with Crippen LogP contribution in [-0.2, 0) is 17.7 Å². The molecule has 0 radical (unpaired) electrons. The lowest BCUT2D eigenvalue weighted by Crippen LogP contribution is -2.39. The van der Waals surface area contributed by atoms with Gasteiger partial charge in [0.2, 0.25) is 11.8 Å². The van der Waals surface area contributed by atoms with Crippen LogP contribution in [0.1, 0.15) is 34.3 Å². The molecule has 0 bridgehead atoms. The number of hydrogen-bond acceptors (Lipinski definition) is 6. The summed E-state index contributed by atoms with van der Waals surface area (Å²) in [6.45, 7) is 4.10. The van der Waals surface area contributed by atoms with Crippen molar-refractivity contribution >= 4 is 5.91 Å². The first-order valence-electron chi connectivity index (χ1n) is 11.2. The highest BCUT2D eigenvalue weighted by atomic mass is 16.5. The van der Waals surface area contributed by atoms with E-state index in [1.54, 1.807) is 26.4 Å². The van der Waals surface area contributed by atoms with Crippen molar-refractivity contribution in [3.8, 4) is 11.8 Å². The van der Waals surface area contributed by atoms with Crippen molar-refractivity contribution in [3.63, 3.8) is 0 Å². The summed E-state index contributed by atoms with van der Waals surface area (Å²) in [5.41, 5.74) is 3.16. The summed E-state index contributed by atoms with van der Waals surface area (Å²) in [6, 6.07) is 12.4. The molecular weight excluding hydrogens is 406 g/mol. The molecule has 2 heterocycles. The Morgan fingerprint density at radius 3 is 2.34 bits per heavy atom. The highest BCUT2D eigenvalue weighted by molar-refractivity contribution is 5.96. The topological polar surface area (TPSA) is 64.1 Å². The minimum Gasteiger partial charge on any atom is -0.481 e. The van der Waals surface area contributed by atoms with Crippen LogP contribution in [0.25, 0.3) is 0 Å². The molecule has 0 unspecified atom stereocenters. The molecule has 0 spiro atoms. The van der Waals surface area contributed by atoms with E-state index in [1.807, 2.05) is 4.90 Å². The third kappa shape index (κ3) is 6.43. The number of amides is 1. The van der Waals surface area contributed by atoms with Gasteiger partial charge >= 0.3 is 0 Å². The van der Waals surface area contributed by atoms with Gasteiger partial charge in [0.1, 0.15) is 5.56 Å². The van der Waals surface area contributed by atoms with E-state index in [2.05, 4.69) is 41.2 Å². The van der Waals surface area contributed by atoms with Crippen molar-refractivity contribution in [2.75, 3.05) is 54.6 Å². The van der Waals surface area contributed by atoms with Gasteiger partial charge in [0, 0.05) is 39.4 Å². The fourth-order valence-corrected chi connectivity index (χ4v) is 4.12. The average molecular weight is 442 g/mol. The maximum atomic E-state index is 13.0. The summed E-state index contributed by atoms with van der Waals surface area (Å²) in [5.74, 6) is 1.30. The van der Waals surface area contributed by atoms with Gasteiger partial charge in [-0.15, -0.1) is 0 Å². The first-order valence-corrected chi connectivity index (χ1v) is 11.2. The lowest BCUT2D eigenvalue weighted by molar-refractivity contribution is 0.0686.